The molecule has 198 valence electrons. The SMILES string of the molecule is COc1ccccc1/C=C/CN(CCN1CCN(C(=O)c2ccc(Br)cc2)CC1)C(=O)C1CCCCC1. The first-order valence-electron chi connectivity index (χ1n) is 13.4. The Labute approximate surface area is 229 Å². The van der Waals surface area contributed by atoms with Gasteiger partial charge in [0.25, 0.3) is 5.91 Å². The quantitative estimate of drug-likeness (QED) is 0.410. The first-order chi connectivity index (χ1) is 18.0. The average Bonchev–Trinajstić information content (AvgIpc) is 2.95. The highest BCUT2D eigenvalue weighted by Gasteiger charge is 2.27. The van der Waals surface area contributed by atoms with Gasteiger partial charge in [-0.1, -0.05) is 65.5 Å². The molecule has 1 saturated heterocycles. The maximum atomic E-state index is 13.5. The van der Waals surface area contributed by atoms with Gasteiger partial charge in [0.1, 0.15) is 5.75 Å². The molecule has 7 heteroatoms. The standard InChI is InChI=1S/C30H38BrN3O3/c1-37-28-12-6-5-8-24(28)11-7-17-33(29(35)25-9-3-2-4-10-25)21-18-32-19-22-34(23-20-32)30(36)26-13-15-27(31)16-14-26/h5-8,11-16,25H,2-4,9-10,17-23H2,1H3/b11-7+. The predicted octanol–water partition coefficient (Wildman–Crippen LogP) is 5.34. The number of amides is 2. The van der Waals surface area contributed by atoms with Gasteiger partial charge in [0.2, 0.25) is 5.91 Å². The third-order valence-electron chi connectivity index (χ3n) is 7.47. The van der Waals surface area contributed by atoms with Gasteiger partial charge in [-0.3, -0.25) is 14.5 Å². The number of nitrogens with zero attached hydrogens (tertiary/aromatic N) is 3. The van der Waals surface area contributed by atoms with E-state index in [2.05, 4.69) is 26.9 Å². The van der Waals surface area contributed by atoms with E-state index in [-0.39, 0.29) is 17.7 Å². The maximum absolute atomic E-state index is 13.5. The van der Waals surface area contributed by atoms with Gasteiger partial charge in [-0.05, 0) is 43.2 Å². The molecule has 0 unspecified atom stereocenters. The van der Waals surface area contributed by atoms with E-state index in [4.69, 9.17) is 4.74 Å². The van der Waals surface area contributed by atoms with E-state index in [1.807, 2.05) is 64.4 Å². The molecule has 2 aromatic rings. The van der Waals surface area contributed by atoms with Crippen LogP contribution in [0, 0.1) is 5.92 Å². The summed E-state index contributed by atoms with van der Waals surface area (Å²) < 4.78 is 6.43. The summed E-state index contributed by atoms with van der Waals surface area (Å²) in [6.07, 6.45) is 9.66. The Kier molecular flexibility index (Phi) is 10.2. The van der Waals surface area contributed by atoms with Crippen molar-refractivity contribution in [3.05, 3.63) is 70.2 Å². The minimum atomic E-state index is 0.0859. The van der Waals surface area contributed by atoms with Gasteiger partial charge in [-0.25, -0.2) is 0 Å². The molecule has 2 aliphatic rings. The van der Waals surface area contributed by atoms with E-state index in [1.165, 1.54) is 6.42 Å². The zero-order valence-corrected chi connectivity index (χ0v) is 23.4. The molecule has 1 aliphatic heterocycles. The largest absolute Gasteiger partial charge is 0.496 e. The maximum Gasteiger partial charge on any atom is 0.253 e. The van der Waals surface area contributed by atoms with Crippen LogP contribution in [0.4, 0.5) is 0 Å². The number of carbonyl (C=O) groups is 2. The molecule has 1 saturated carbocycles. The van der Waals surface area contributed by atoms with Crippen LogP contribution in [0.1, 0.15) is 48.0 Å². The van der Waals surface area contributed by atoms with Gasteiger partial charge in [-0.2, -0.15) is 0 Å². The molecular formula is C30H38BrN3O3. The summed E-state index contributed by atoms with van der Waals surface area (Å²) in [5.74, 6) is 1.35. The summed E-state index contributed by atoms with van der Waals surface area (Å²) in [7, 11) is 1.68. The molecule has 2 aromatic carbocycles. The van der Waals surface area contributed by atoms with Crippen LogP contribution in [0.3, 0.4) is 0 Å². The van der Waals surface area contributed by atoms with Gasteiger partial charge in [0, 0.05) is 67.3 Å². The minimum absolute atomic E-state index is 0.0859. The van der Waals surface area contributed by atoms with Gasteiger partial charge in [0.05, 0.1) is 7.11 Å². The molecule has 0 aromatic heterocycles. The molecule has 0 spiro atoms. The topological polar surface area (TPSA) is 53.1 Å². The Balaban J connectivity index is 1.33. The molecule has 0 bridgehead atoms. The van der Waals surface area contributed by atoms with Crippen LogP contribution in [-0.4, -0.2) is 79.4 Å². The predicted molar refractivity (Wildman–Crippen MR) is 152 cm³/mol. The number of piperazine rings is 1. The van der Waals surface area contributed by atoms with Gasteiger partial charge >= 0.3 is 0 Å². The molecule has 37 heavy (non-hydrogen) atoms. The van der Waals surface area contributed by atoms with Gasteiger partial charge in [-0.15, -0.1) is 0 Å². The van der Waals surface area contributed by atoms with Crippen LogP contribution >= 0.6 is 15.9 Å². The van der Waals surface area contributed by atoms with Crippen LogP contribution in [0.2, 0.25) is 0 Å². The van der Waals surface area contributed by atoms with Crippen molar-refractivity contribution in [3.8, 4) is 5.75 Å². The third-order valence-corrected chi connectivity index (χ3v) is 7.99. The number of halogens is 1. The van der Waals surface area contributed by atoms with Crippen molar-refractivity contribution in [1.29, 1.82) is 0 Å². The summed E-state index contributed by atoms with van der Waals surface area (Å²) >= 11 is 3.43. The normalized spacial score (nSPS) is 17.2. The number of ether oxygens (including phenoxy) is 1. The Morgan fingerprint density at radius 3 is 2.41 bits per heavy atom. The molecule has 0 N–H and O–H groups in total. The molecule has 1 aliphatic carbocycles. The van der Waals surface area contributed by atoms with Crippen LogP contribution in [-0.2, 0) is 4.79 Å². The number of hydrogen-bond donors (Lipinski definition) is 0. The lowest BCUT2D eigenvalue weighted by Gasteiger charge is -2.36. The Bertz CT molecular complexity index is 1060. The lowest BCUT2D eigenvalue weighted by atomic mass is 9.88. The van der Waals surface area contributed by atoms with Crippen molar-refractivity contribution in [3.63, 3.8) is 0 Å². The lowest BCUT2D eigenvalue weighted by Crippen LogP contribution is -2.51. The number of para-hydroxylation sites is 1. The number of methoxy groups -OCH3 is 1. The smallest absolute Gasteiger partial charge is 0.253 e. The van der Waals surface area contributed by atoms with Crippen molar-refractivity contribution in [2.75, 3.05) is 52.9 Å². The highest BCUT2D eigenvalue weighted by molar-refractivity contribution is 9.10. The lowest BCUT2D eigenvalue weighted by molar-refractivity contribution is -0.136. The summed E-state index contributed by atoms with van der Waals surface area (Å²) in [4.78, 5) is 32.6. The summed E-state index contributed by atoms with van der Waals surface area (Å²) in [6.45, 7) is 5.18. The highest BCUT2D eigenvalue weighted by atomic mass is 79.9. The first-order valence-corrected chi connectivity index (χ1v) is 14.2. The van der Waals surface area contributed by atoms with E-state index in [1.54, 1.807) is 7.11 Å². The van der Waals surface area contributed by atoms with Crippen LogP contribution in [0.25, 0.3) is 6.08 Å². The molecule has 4 rings (SSSR count). The molecule has 2 amide bonds. The molecular weight excluding hydrogens is 530 g/mol. The number of benzene rings is 2. The van der Waals surface area contributed by atoms with Crippen LogP contribution in [0.5, 0.6) is 5.75 Å². The number of rotatable bonds is 9. The van der Waals surface area contributed by atoms with E-state index < -0.39 is 0 Å². The molecule has 1 heterocycles. The fraction of sp³-hybridized carbons (Fsp3) is 0.467. The van der Waals surface area contributed by atoms with E-state index in [0.717, 1.165) is 66.7 Å². The van der Waals surface area contributed by atoms with E-state index in [0.29, 0.717) is 26.2 Å². The molecule has 2 fully saturated rings. The summed E-state index contributed by atoms with van der Waals surface area (Å²) in [5, 5.41) is 0. The Morgan fingerprint density at radius 2 is 1.70 bits per heavy atom. The second-order valence-electron chi connectivity index (χ2n) is 9.90. The minimum Gasteiger partial charge on any atom is -0.496 e. The van der Waals surface area contributed by atoms with Gasteiger partial charge in [0.15, 0.2) is 0 Å². The van der Waals surface area contributed by atoms with Gasteiger partial charge < -0.3 is 14.5 Å². The van der Waals surface area contributed by atoms with E-state index in [9.17, 15) is 9.59 Å². The monoisotopic (exact) mass is 567 g/mol. The van der Waals surface area contributed by atoms with Crippen molar-refractivity contribution in [2.24, 2.45) is 5.92 Å². The summed E-state index contributed by atoms with van der Waals surface area (Å²) in [5.41, 5.74) is 1.74. The second-order valence-corrected chi connectivity index (χ2v) is 10.8. The second kappa shape index (κ2) is 13.8. The average molecular weight is 569 g/mol. The fourth-order valence-corrected chi connectivity index (χ4v) is 5.49. The first kappa shape index (κ1) is 27.4. The number of hydrogen-bond acceptors (Lipinski definition) is 4. The van der Waals surface area contributed by atoms with Crippen molar-refractivity contribution < 1.29 is 14.3 Å². The molecule has 0 radical (unpaired) electrons. The van der Waals surface area contributed by atoms with Crippen LogP contribution < -0.4 is 4.74 Å². The molecule has 0 atom stereocenters. The van der Waals surface area contributed by atoms with Crippen molar-refractivity contribution in [2.45, 2.75) is 32.1 Å². The number of carbonyl (C=O) groups excluding carboxylic acids is 2. The van der Waals surface area contributed by atoms with E-state index >= 15 is 0 Å². The third kappa shape index (κ3) is 7.68. The van der Waals surface area contributed by atoms with Crippen molar-refractivity contribution in [1.82, 2.24) is 14.7 Å². The highest BCUT2D eigenvalue weighted by Crippen LogP contribution is 2.26. The van der Waals surface area contributed by atoms with Crippen molar-refractivity contribution >= 4 is 33.8 Å². The fourth-order valence-electron chi connectivity index (χ4n) is 5.22. The Hall–Kier alpha value is -2.64. The summed E-state index contributed by atoms with van der Waals surface area (Å²) in [6, 6.07) is 15.5. The zero-order chi connectivity index (χ0) is 26.0. The Morgan fingerprint density at radius 1 is 1.00 bits per heavy atom. The van der Waals surface area contributed by atoms with Crippen LogP contribution in [0.15, 0.2) is 59.1 Å². The zero-order valence-electron chi connectivity index (χ0n) is 21.8. The molecule has 6 nitrogen and oxygen atoms in total.